The summed E-state index contributed by atoms with van der Waals surface area (Å²) < 4.78 is 27.2. The predicted octanol–water partition coefficient (Wildman–Crippen LogP) is 5.80. The van der Waals surface area contributed by atoms with Crippen molar-refractivity contribution in [2.75, 3.05) is 20.3 Å². The first kappa shape index (κ1) is 25.2. The first-order valence-corrected chi connectivity index (χ1v) is 12.4. The van der Waals surface area contributed by atoms with Gasteiger partial charge >= 0.3 is 0 Å². The Morgan fingerprint density at radius 1 is 0.944 bits per heavy atom. The molecule has 0 aliphatic carbocycles. The molecule has 3 aromatic carbocycles. The monoisotopic (exact) mass is 489 g/mol. The Morgan fingerprint density at radius 2 is 1.75 bits per heavy atom. The van der Waals surface area contributed by atoms with Gasteiger partial charge in [-0.25, -0.2) is 9.37 Å². The summed E-state index contributed by atoms with van der Waals surface area (Å²) in [6, 6.07) is 21.9. The highest BCUT2D eigenvalue weighted by molar-refractivity contribution is 5.94. The molecule has 0 aliphatic rings. The maximum absolute atomic E-state index is 13.7. The number of aryl methyl sites for hydroxylation is 2. The first-order chi connectivity index (χ1) is 17.7. The highest BCUT2D eigenvalue weighted by atomic mass is 19.1. The van der Waals surface area contributed by atoms with E-state index in [1.54, 1.807) is 19.2 Å². The summed E-state index contributed by atoms with van der Waals surface area (Å²) in [5.41, 5.74) is 2.21. The maximum Gasteiger partial charge on any atom is 0.254 e. The first-order valence-electron chi connectivity index (χ1n) is 12.4. The third-order valence-electron chi connectivity index (χ3n) is 6.05. The Kier molecular flexibility index (Phi) is 8.92. The molecule has 0 atom stereocenters. The lowest BCUT2D eigenvalue weighted by Gasteiger charge is -2.11. The molecule has 0 aliphatic heterocycles. The third-order valence-corrected chi connectivity index (χ3v) is 6.05. The molecule has 36 heavy (non-hydrogen) atoms. The molecule has 1 aromatic heterocycles. The van der Waals surface area contributed by atoms with Gasteiger partial charge in [-0.05, 0) is 55.7 Å². The van der Waals surface area contributed by atoms with Crippen LogP contribution >= 0.6 is 0 Å². The van der Waals surface area contributed by atoms with Crippen molar-refractivity contribution in [1.82, 2.24) is 14.9 Å². The number of unbranched alkanes of at least 4 members (excludes halogenated alkanes) is 2. The summed E-state index contributed by atoms with van der Waals surface area (Å²) in [6.45, 7) is 1.94. The molecule has 0 unspecified atom stereocenters. The van der Waals surface area contributed by atoms with Crippen LogP contribution in [0.2, 0.25) is 0 Å². The number of para-hydroxylation sites is 2. The van der Waals surface area contributed by atoms with Crippen molar-refractivity contribution < 1.29 is 18.7 Å². The van der Waals surface area contributed by atoms with Crippen LogP contribution < -0.4 is 14.8 Å². The van der Waals surface area contributed by atoms with Crippen molar-refractivity contribution in [1.29, 1.82) is 0 Å². The van der Waals surface area contributed by atoms with Crippen molar-refractivity contribution in [2.24, 2.45) is 0 Å². The smallest absolute Gasteiger partial charge is 0.254 e. The number of hydrogen-bond acceptors (Lipinski definition) is 4. The zero-order valence-electron chi connectivity index (χ0n) is 20.6. The number of halogens is 1. The van der Waals surface area contributed by atoms with E-state index in [4.69, 9.17) is 14.5 Å². The second-order valence-electron chi connectivity index (χ2n) is 8.60. The Labute approximate surface area is 211 Å². The number of aromatic nitrogens is 2. The normalized spacial score (nSPS) is 10.9. The van der Waals surface area contributed by atoms with E-state index >= 15 is 0 Å². The van der Waals surface area contributed by atoms with Gasteiger partial charge in [0, 0.05) is 25.6 Å². The topological polar surface area (TPSA) is 65.4 Å². The van der Waals surface area contributed by atoms with Crippen LogP contribution in [0, 0.1) is 5.82 Å². The molecule has 6 nitrogen and oxygen atoms in total. The second kappa shape index (κ2) is 12.7. The third kappa shape index (κ3) is 6.62. The van der Waals surface area contributed by atoms with Crippen LogP contribution in [0.15, 0.2) is 72.8 Å². The van der Waals surface area contributed by atoms with E-state index in [9.17, 15) is 9.18 Å². The van der Waals surface area contributed by atoms with E-state index in [0.717, 1.165) is 67.0 Å². The fourth-order valence-electron chi connectivity index (χ4n) is 4.20. The number of nitrogens with zero attached hydrogens (tertiary/aromatic N) is 2. The van der Waals surface area contributed by atoms with Gasteiger partial charge in [0.15, 0.2) is 0 Å². The number of methoxy groups -OCH3 is 1. The fraction of sp³-hybridized carbons (Fsp3) is 0.310. The summed E-state index contributed by atoms with van der Waals surface area (Å²) in [6.07, 6.45) is 4.44. The van der Waals surface area contributed by atoms with Gasteiger partial charge in [-0.15, -0.1) is 0 Å². The number of fused-ring (bicyclic) bond motifs is 1. The number of carbonyl (C=O) groups is 1. The van der Waals surface area contributed by atoms with E-state index < -0.39 is 5.82 Å². The van der Waals surface area contributed by atoms with Crippen molar-refractivity contribution in [3.8, 4) is 11.5 Å². The zero-order chi connectivity index (χ0) is 25.2. The number of imidazole rings is 1. The van der Waals surface area contributed by atoms with Crippen LogP contribution in [0.5, 0.6) is 11.5 Å². The molecular weight excluding hydrogens is 457 g/mol. The number of carbonyl (C=O) groups excluding carboxylic acids is 1. The summed E-state index contributed by atoms with van der Waals surface area (Å²) >= 11 is 0. The number of benzene rings is 3. The minimum absolute atomic E-state index is 0.0848. The lowest BCUT2D eigenvalue weighted by atomic mass is 10.1. The van der Waals surface area contributed by atoms with Crippen LogP contribution in [0.3, 0.4) is 0 Å². The standard InChI is InChI=1S/C29H32FN3O3/c1-35-22-11-9-12-23(21-22)36-20-10-19-33-27-16-7-6-15-26(27)32-28(33)17-3-2-8-18-31-29(34)24-13-4-5-14-25(24)30/h4-7,9,11-16,21H,2-3,8,10,17-20H2,1H3,(H,31,34). The Morgan fingerprint density at radius 3 is 2.61 bits per heavy atom. The highest BCUT2D eigenvalue weighted by Crippen LogP contribution is 2.21. The Bertz CT molecular complexity index is 1290. The molecule has 4 aromatic rings. The van der Waals surface area contributed by atoms with Crippen molar-refractivity contribution in [2.45, 2.75) is 38.6 Å². The number of nitrogens with one attached hydrogen (secondary N) is 1. The van der Waals surface area contributed by atoms with Crippen molar-refractivity contribution in [3.63, 3.8) is 0 Å². The minimum Gasteiger partial charge on any atom is -0.497 e. The summed E-state index contributed by atoms with van der Waals surface area (Å²) in [5.74, 6) is 1.77. The van der Waals surface area contributed by atoms with E-state index in [-0.39, 0.29) is 11.5 Å². The van der Waals surface area contributed by atoms with E-state index in [2.05, 4.69) is 16.0 Å². The minimum atomic E-state index is -0.497. The van der Waals surface area contributed by atoms with E-state index in [0.29, 0.717) is 13.2 Å². The van der Waals surface area contributed by atoms with Crippen LogP contribution in [0.4, 0.5) is 4.39 Å². The Hall–Kier alpha value is -3.87. The van der Waals surface area contributed by atoms with Crippen LogP contribution in [0.25, 0.3) is 11.0 Å². The largest absolute Gasteiger partial charge is 0.497 e. The fourth-order valence-corrected chi connectivity index (χ4v) is 4.20. The molecular formula is C29H32FN3O3. The second-order valence-corrected chi connectivity index (χ2v) is 8.60. The lowest BCUT2D eigenvalue weighted by Crippen LogP contribution is -2.25. The van der Waals surface area contributed by atoms with Gasteiger partial charge in [-0.2, -0.15) is 0 Å². The van der Waals surface area contributed by atoms with Gasteiger partial charge in [0.2, 0.25) is 0 Å². The van der Waals surface area contributed by atoms with Gasteiger partial charge in [0.1, 0.15) is 23.1 Å². The SMILES string of the molecule is COc1cccc(OCCCn2c(CCCCCNC(=O)c3ccccc3F)nc3ccccc32)c1. The molecule has 1 N–H and O–H groups in total. The van der Waals surface area contributed by atoms with Gasteiger partial charge in [-0.1, -0.05) is 36.8 Å². The van der Waals surface area contributed by atoms with Crippen LogP contribution in [-0.4, -0.2) is 35.7 Å². The molecule has 0 spiro atoms. The number of amides is 1. The summed E-state index contributed by atoms with van der Waals surface area (Å²) in [5, 5.41) is 2.80. The van der Waals surface area contributed by atoms with E-state index in [1.807, 2.05) is 42.5 Å². The molecule has 0 radical (unpaired) electrons. The number of rotatable bonds is 13. The maximum atomic E-state index is 13.7. The average Bonchev–Trinajstić information content (AvgIpc) is 3.26. The van der Waals surface area contributed by atoms with Gasteiger partial charge < -0.3 is 19.4 Å². The molecule has 0 bridgehead atoms. The Balaban J connectivity index is 1.25. The molecule has 0 fully saturated rings. The molecule has 7 heteroatoms. The molecule has 0 saturated heterocycles. The zero-order valence-corrected chi connectivity index (χ0v) is 20.6. The molecule has 1 amide bonds. The number of ether oxygens (including phenoxy) is 2. The average molecular weight is 490 g/mol. The van der Waals surface area contributed by atoms with Crippen LogP contribution in [0.1, 0.15) is 41.9 Å². The molecule has 0 saturated carbocycles. The molecule has 188 valence electrons. The molecule has 1 heterocycles. The number of hydrogen-bond donors (Lipinski definition) is 1. The highest BCUT2D eigenvalue weighted by Gasteiger charge is 2.11. The van der Waals surface area contributed by atoms with Gasteiger partial charge in [0.25, 0.3) is 5.91 Å². The summed E-state index contributed by atoms with van der Waals surface area (Å²) in [4.78, 5) is 17.0. The lowest BCUT2D eigenvalue weighted by molar-refractivity contribution is 0.0949. The molecule has 4 rings (SSSR count). The van der Waals surface area contributed by atoms with Crippen molar-refractivity contribution >= 4 is 16.9 Å². The van der Waals surface area contributed by atoms with E-state index in [1.165, 1.54) is 12.1 Å². The van der Waals surface area contributed by atoms with Gasteiger partial charge in [-0.3, -0.25) is 4.79 Å². The van der Waals surface area contributed by atoms with Crippen LogP contribution in [-0.2, 0) is 13.0 Å². The summed E-state index contributed by atoms with van der Waals surface area (Å²) in [7, 11) is 1.65. The van der Waals surface area contributed by atoms with Gasteiger partial charge in [0.05, 0.1) is 30.3 Å². The predicted molar refractivity (Wildman–Crippen MR) is 139 cm³/mol. The quantitative estimate of drug-likeness (QED) is 0.241. The van der Waals surface area contributed by atoms with Crippen molar-refractivity contribution in [3.05, 3.63) is 90.0 Å².